The van der Waals surface area contributed by atoms with Gasteiger partial charge in [-0.15, -0.1) is 0 Å². The molecular formula is C15H19N3O4. The summed E-state index contributed by atoms with van der Waals surface area (Å²) >= 11 is 0. The molecule has 118 valence electrons. The Hall–Kier alpha value is -2.54. The molecule has 1 aromatic carbocycles. The second-order valence-electron chi connectivity index (χ2n) is 4.63. The highest BCUT2D eigenvalue weighted by molar-refractivity contribution is 5.93. The predicted molar refractivity (Wildman–Crippen MR) is 79.2 cm³/mol. The van der Waals surface area contributed by atoms with Gasteiger partial charge in [0.05, 0.1) is 7.11 Å². The molecule has 1 unspecified atom stereocenters. The summed E-state index contributed by atoms with van der Waals surface area (Å²) in [5.74, 6) is -0.255. The Morgan fingerprint density at radius 3 is 2.59 bits per heavy atom. The van der Waals surface area contributed by atoms with Gasteiger partial charge < -0.3 is 25.0 Å². The minimum Gasteiger partial charge on any atom is -0.473 e. The number of likely N-dealkylation sites (N-methyl/N-ethyl adjacent to an activating group) is 1. The van der Waals surface area contributed by atoms with Crippen molar-refractivity contribution in [3.8, 4) is 5.75 Å². The summed E-state index contributed by atoms with van der Waals surface area (Å²) in [5, 5.41) is 0. The Balaban J connectivity index is 2.21. The van der Waals surface area contributed by atoms with Crippen LogP contribution < -0.4 is 10.5 Å². The van der Waals surface area contributed by atoms with Crippen molar-refractivity contribution in [2.75, 3.05) is 20.4 Å². The summed E-state index contributed by atoms with van der Waals surface area (Å²) in [5.41, 5.74) is 6.13. The summed E-state index contributed by atoms with van der Waals surface area (Å²) in [6.45, 7) is 2.18. The van der Waals surface area contributed by atoms with E-state index in [9.17, 15) is 9.59 Å². The van der Waals surface area contributed by atoms with Gasteiger partial charge in [0.1, 0.15) is 11.4 Å². The van der Waals surface area contributed by atoms with Crippen LogP contribution >= 0.6 is 0 Å². The van der Waals surface area contributed by atoms with Crippen LogP contribution in [0.3, 0.4) is 0 Å². The molecule has 0 bridgehead atoms. The maximum Gasteiger partial charge on any atom is 0.356 e. The first-order valence-electron chi connectivity index (χ1n) is 6.89. The van der Waals surface area contributed by atoms with Gasteiger partial charge in [-0.25, -0.2) is 4.79 Å². The zero-order chi connectivity index (χ0) is 16.1. The molecule has 1 aromatic rings. The maximum atomic E-state index is 12.1. The van der Waals surface area contributed by atoms with Gasteiger partial charge in [0.15, 0.2) is 12.9 Å². The zero-order valence-electron chi connectivity index (χ0n) is 12.6. The normalized spacial score (nSPS) is 18.0. The number of hydrogen-bond acceptors (Lipinski definition) is 6. The Morgan fingerprint density at radius 1 is 1.32 bits per heavy atom. The smallest absolute Gasteiger partial charge is 0.356 e. The second kappa shape index (κ2) is 6.95. The van der Waals surface area contributed by atoms with E-state index < -0.39 is 12.1 Å². The third-order valence-electron chi connectivity index (χ3n) is 3.31. The fraction of sp³-hybridized carbons (Fsp3) is 0.333. The maximum absolute atomic E-state index is 12.1. The van der Waals surface area contributed by atoms with Crippen molar-refractivity contribution in [1.82, 2.24) is 9.80 Å². The Kier molecular flexibility index (Phi) is 5.00. The molecule has 1 aliphatic rings. The number of esters is 1. The number of carbonyl (C=O) groups excluding carboxylic acids is 2. The summed E-state index contributed by atoms with van der Waals surface area (Å²) in [4.78, 5) is 26.8. The quantitative estimate of drug-likeness (QED) is 0.797. The molecule has 0 fully saturated rings. The summed E-state index contributed by atoms with van der Waals surface area (Å²) < 4.78 is 10.3. The van der Waals surface area contributed by atoms with Crippen molar-refractivity contribution in [3.05, 3.63) is 42.2 Å². The Morgan fingerprint density at radius 2 is 2.00 bits per heavy atom. The topological polar surface area (TPSA) is 85.1 Å². The Labute approximate surface area is 128 Å². The van der Waals surface area contributed by atoms with Crippen molar-refractivity contribution in [2.45, 2.75) is 13.1 Å². The third kappa shape index (κ3) is 3.20. The molecule has 1 atom stereocenters. The molecule has 0 radical (unpaired) electrons. The molecule has 1 amide bonds. The number of amides is 1. The molecule has 2 rings (SSSR count). The standard InChI is InChI=1S/C15H19N3O4/c1-3-17-9-12(15(20)21-2)18(13(16)14(17)19)10-22-11-7-5-4-6-8-11/h4-9,13H,3,10,16H2,1-2H3. The van der Waals surface area contributed by atoms with Crippen molar-refractivity contribution in [2.24, 2.45) is 5.73 Å². The van der Waals surface area contributed by atoms with Gasteiger partial charge in [0, 0.05) is 12.7 Å². The molecule has 0 saturated carbocycles. The lowest BCUT2D eigenvalue weighted by atomic mass is 10.2. The van der Waals surface area contributed by atoms with Gasteiger partial charge in [-0.1, -0.05) is 18.2 Å². The first kappa shape index (κ1) is 15.8. The SMILES string of the molecule is CCN1C=C(C(=O)OC)N(COc2ccccc2)C(N)C1=O. The number of rotatable bonds is 5. The third-order valence-corrected chi connectivity index (χ3v) is 3.31. The van der Waals surface area contributed by atoms with E-state index >= 15 is 0 Å². The van der Waals surface area contributed by atoms with Crippen LogP contribution in [0.2, 0.25) is 0 Å². The lowest BCUT2D eigenvalue weighted by Crippen LogP contribution is -2.57. The fourth-order valence-corrected chi connectivity index (χ4v) is 2.07. The molecule has 1 aliphatic heterocycles. The second-order valence-corrected chi connectivity index (χ2v) is 4.63. The van der Waals surface area contributed by atoms with E-state index in [2.05, 4.69) is 0 Å². The van der Waals surface area contributed by atoms with Crippen LogP contribution in [0.25, 0.3) is 0 Å². The molecular weight excluding hydrogens is 286 g/mol. The molecule has 2 N–H and O–H groups in total. The van der Waals surface area contributed by atoms with E-state index in [1.54, 1.807) is 19.1 Å². The van der Waals surface area contributed by atoms with E-state index in [0.717, 1.165) is 0 Å². The van der Waals surface area contributed by atoms with Crippen LogP contribution in [0.1, 0.15) is 6.92 Å². The van der Waals surface area contributed by atoms with Gasteiger partial charge in [0.25, 0.3) is 5.91 Å². The van der Waals surface area contributed by atoms with Crippen LogP contribution in [-0.2, 0) is 14.3 Å². The van der Waals surface area contributed by atoms with Gasteiger partial charge in [-0.2, -0.15) is 0 Å². The van der Waals surface area contributed by atoms with E-state index in [1.165, 1.54) is 23.1 Å². The number of nitrogens with zero attached hydrogens (tertiary/aromatic N) is 2. The van der Waals surface area contributed by atoms with Crippen LogP contribution in [-0.4, -0.2) is 48.2 Å². The molecule has 22 heavy (non-hydrogen) atoms. The van der Waals surface area contributed by atoms with Crippen LogP contribution in [0, 0.1) is 0 Å². The molecule has 0 aromatic heterocycles. The van der Waals surface area contributed by atoms with Crippen LogP contribution in [0.15, 0.2) is 42.2 Å². The first-order chi connectivity index (χ1) is 10.6. The number of benzene rings is 1. The van der Waals surface area contributed by atoms with E-state index in [1.807, 2.05) is 18.2 Å². The van der Waals surface area contributed by atoms with E-state index in [4.69, 9.17) is 15.2 Å². The summed E-state index contributed by atoms with van der Waals surface area (Å²) in [6, 6.07) is 9.06. The first-order valence-corrected chi connectivity index (χ1v) is 6.89. The fourth-order valence-electron chi connectivity index (χ4n) is 2.07. The molecule has 0 saturated heterocycles. The molecule has 7 heteroatoms. The number of hydrogen-bond donors (Lipinski definition) is 1. The highest BCUT2D eigenvalue weighted by Gasteiger charge is 2.35. The lowest BCUT2D eigenvalue weighted by Gasteiger charge is -2.37. The van der Waals surface area contributed by atoms with E-state index in [-0.39, 0.29) is 18.3 Å². The van der Waals surface area contributed by atoms with Crippen LogP contribution in [0.4, 0.5) is 0 Å². The molecule has 1 heterocycles. The summed E-state index contributed by atoms with van der Waals surface area (Å²) in [6.07, 6.45) is 0.439. The average Bonchev–Trinajstić information content (AvgIpc) is 2.56. The predicted octanol–water partition coefficient (Wildman–Crippen LogP) is 0.486. The zero-order valence-corrected chi connectivity index (χ0v) is 12.6. The number of para-hydroxylation sites is 1. The van der Waals surface area contributed by atoms with Gasteiger partial charge in [-0.05, 0) is 19.1 Å². The lowest BCUT2D eigenvalue weighted by molar-refractivity contribution is -0.143. The number of carbonyl (C=O) groups is 2. The monoisotopic (exact) mass is 305 g/mol. The molecule has 0 aliphatic carbocycles. The summed E-state index contributed by atoms with van der Waals surface area (Å²) in [7, 11) is 1.28. The van der Waals surface area contributed by atoms with Crippen molar-refractivity contribution >= 4 is 11.9 Å². The van der Waals surface area contributed by atoms with Crippen molar-refractivity contribution in [1.29, 1.82) is 0 Å². The van der Waals surface area contributed by atoms with Crippen molar-refractivity contribution in [3.63, 3.8) is 0 Å². The minimum atomic E-state index is -0.997. The van der Waals surface area contributed by atoms with E-state index in [0.29, 0.717) is 12.3 Å². The molecule has 7 nitrogen and oxygen atoms in total. The average molecular weight is 305 g/mol. The van der Waals surface area contributed by atoms with Crippen molar-refractivity contribution < 1.29 is 19.1 Å². The van der Waals surface area contributed by atoms with Gasteiger partial charge in [0.2, 0.25) is 0 Å². The van der Waals surface area contributed by atoms with Gasteiger partial charge >= 0.3 is 5.97 Å². The number of ether oxygens (including phenoxy) is 2. The Bertz CT molecular complexity index is 573. The van der Waals surface area contributed by atoms with Crippen LogP contribution in [0.5, 0.6) is 5.75 Å². The largest absolute Gasteiger partial charge is 0.473 e. The number of methoxy groups -OCH3 is 1. The number of nitrogens with two attached hydrogens (primary N) is 1. The highest BCUT2D eigenvalue weighted by Crippen LogP contribution is 2.19. The molecule has 0 spiro atoms. The minimum absolute atomic E-state index is 0.0323. The highest BCUT2D eigenvalue weighted by atomic mass is 16.5. The van der Waals surface area contributed by atoms with Gasteiger partial charge in [-0.3, -0.25) is 4.79 Å².